The van der Waals surface area contributed by atoms with E-state index in [0.29, 0.717) is 11.1 Å². The van der Waals surface area contributed by atoms with Gasteiger partial charge in [0.25, 0.3) is 0 Å². The molecule has 0 aliphatic heterocycles. The van der Waals surface area contributed by atoms with E-state index < -0.39 is 0 Å². The number of hydrogen-bond donors (Lipinski definition) is 0. The molecule has 0 radical (unpaired) electrons. The fraction of sp³-hybridized carbons (Fsp3) is 0. The minimum Gasteiger partial charge on any atom is -0.192 e. The van der Waals surface area contributed by atoms with E-state index in [2.05, 4.69) is 12.1 Å². The summed E-state index contributed by atoms with van der Waals surface area (Å²) in [7, 11) is 0. The normalized spacial score (nSPS) is 10.7. The Hall–Kier alpha value is -3.88. The molecule has 0 N–H and O–H groups in total. The van der Waals surface area contributed by atoms with E-state index in [1.165, 1.54) is 0 Å². The van der Waals surface area contributed by atoms with Gasteiger partial charge in [-0.25, -0.2) is 0 Å². The van der Waals surface area contributed by atoms with Crippen molar-refractivity contribution < 1.29 is 0 Å². The lowest BCUT2D eigenvalue weighted by atomic mass is 10.0. The number of benzene rings is 3. The molecular weight excluding hydrogens is 316 g/mol. The van der Waals surface area contributed by atoms with Gasteiger partial charge in [-0.1, -0.05) is 85.0 Å². The van der Waals surface area contributed by atoms with Gasteiger partial charge in [0.2, 0.25) is 0 Å². The molecule has 0 bridgehead atoms. The molecule has 122 valence electrons. The summed E-state index contributed by atoms with van der Waals surface area (Å²) in [5.74, 6) is 0. The van der Waals surface area contributed by atoms with Crippen LogP contribution in [0.1, 0.15) is 33.4 Å². The lowest BCUT2D eigenvalue weighted by Crippen LogP contribution is -1.81. The Morgan fingerprint density at radius 2 is 0.885 bits per heavy atom. The molecule has 0 saturated carbocycles. The molecule has 0 amide bonds. The van der Waals surface area contributed by atoms with Crippen molar-refractivity contribution in [1.29, 1.82) is 10.5 Å². The first-order chi connectivity index (χ1) is 12.8. The molecule has 3 aromatic rings. The van der Waals surface area contributed by atoms with Gasteiger partial charge >= 0.3 is 0 Å². The van der Waals surface area contributed by atoms with Crippen molar-refractivity contribution in [1.82, 2.24) is 0 Å². The van der Waals surface area contributed by atoms with Crippen LogP contribution >= 0.6 is 0 Å². The third-order valence-electron chi connectivity index (χ3n) is 4.01. The standard InChI is InChI=1S/C24H16N2/c25-17-23-7-3-1-5-21(23)15-13-19-9-11-20(12-10-19)14-16-22-6-2-4-8-24(22)18-26/h1-16H/b15-13-,16-14-. The Bertz CT molecular complexity index is 956. The van der Waals surface area contributed by atoms with Crippen molar-refractivity contribution in [3.63, 3.8) is 0 Å². The van der Waals surface area contributed by atoms with Crippen LogP contribution in [0.25, 0.3) is 24.3 Å². The summed E-state index contributed by atoms with van der Waals surface area (Å²) in [6.45, 7) is 0. The van der Waals surface area contributed by atoms with Crippen LogP contribution in [0.2, 0.25) is 0 Å². The molecule has 0 aromatic heterocycles. The van der Waals surface area contributed by atoms with Crippen molar-refractivity contribution in [3.8, 4) is 12.1 Å². The van der Waals surface area contributed by atoms with Crippen LogP contribution in [-0.4, -0.2) is 0 Å². The van der Waals surface area contributed by atoms with E-state index in [4.69, 9.17) is 10.5 Å². The fourth-order valence-corrected chi connectivity index (χ4v) is 2.58. The Balaban J connectivity index is 1.75. The van der Waals surface area contributed by atoms with Crippen molar-refractivity contribution in [2.75, 3.05) is 0 Å². The van der Waals surface area contributed by atoms with Gasteiger partial charge in [0.05, 0.1) is 23.3 Å². The smallest absolute Gasteiger partial charge is 0.0997 e. The quantitative estimate of drug-likeness (QED) is 0.569. The Morgan fingerprint density at radius 3 is 1.27 bits per heavy atom. The second-order valence-electron chi connectivity index (χ2n) is 5.73. The Labute approximate surface area is 153 Å². The molecule has 3 rings (SSSR count). The summed E-state index contributed by atoms with van der Waals surface area (Å²) in [5, 5.41) is 18.3. The molecule has 2 heteroatoms. The zero-order chi connectivity index (χ0) is 18.2. The Kier molecular flexibility index (Phi) is 5.41. The first-order valence-electron chi connectivity index (χ1n) is 8.24. The minimum absolute atomic E-state index is 0.666. The second kappa shape index (κ2) is 8.29. The monoisotopic (exact) mass is 332 g/mol. The van der Waals surface area contributed by atoms with Crippen molar-refractivity contribution in [2.45, 2.75) is 0 Å². The minimum atomic E-state index is 0.666. The molecule has 0 fully saturated rings. The van der Waals surface area contributed by atoms with Crippen molar-refractivity contribution >= 4 is 24.3 Å². The maximum Gasteiger partial charge on any atom is 0.0997 e. The Morgan fingerprint density at radius 1 is 0.500 bits per heavy atom. The van der Waals surface area contributed by atoms with Crippen LogP contribution in [0.4, 0.5) is 0 Å². The summed E-state index contributed by atoms with van der Waals surface area (Å²) < 4.78 is 0. The van der Waals surface area contributed by atoms with Gasteiger partial charge in [0.1, 0.15) is 0 Å². The lowest BCUT2D eigenvalue weighted by molar-refractivity contribution is 1.47. The maximum absolute atomic E-state index is 9.13. The van der Waals surface area contributed by atoms with E-state index in [-0.39, 0.29) is 0 Å². The molecule has 26 heavy (non-hydrogen) atoms. The number of hydrogen-bond acceptors (Lipinski definition) is 2. The van der Waals surface area contributed by atoms with Crippen molar-refractivity contribution in [3.05, 3.63) is 106 Å². The molecule has 0 heterocycles. The molecule has 0 aliphatic carbocycles. The molecule has 2 nitrogen and oxygen atoms in total. The fourth-order valence-electron chi connectivity index (χ4n) is 2.58. The average Bonchev–Trinajstić information content (AvgIpc) is 2.72. The van der Waals surface area contributed by atoms with E-state index in [1.807, 2.05) is 97.1 Å². The lowest BCUT2D eigenvalue weighted by Gasteiger charge is -1.99. The number of rotatable bonds is 4. The largest absolute Gasteiger partial charge is 0.192 e. The van der Waals surface area contributed by atoms with Crippen LogP contribution in [0.15, 0.2) is 72.8 Å². The van der Waals surface area contributed by atoms with Crippen molar-refractivity contribution in [2.24, 2.45) is 0 Å². The molecule has 0 aliphatic rings. The van der Waals surface area contributed by atoms with Gasteiger partial charge < -0.3 is 0 Å². The summed E-state index contributed by atoms with van der Waals surface area (Å²) in [6.07, 6.45) is 7.89. The number of nitrogens with zero attached hydrogens (tertiary/aromatic N) is 2. The molecular formula is C24H16N2. The molecule has 0 unspecified atom stereocenters. The zero-order valence-corrected chi connectivity index (χ0v) is 14.1. The van der Waals surface area contributed by atoms with Gasteiger partial charge in [0, 0.05) is 0 Å². The topological polar surface area (TPSA) is 47.6 Å². The van der Waals surface area contributed by atoms with Crippen LogP contribution in [0.3, 0.4) is 0 Å². The van der Waals surface area contributed by atoms with Gasteiger partial charge in [-0.3, -0.25) is 0 Å². The molecule has 3 aromatic carbocycles. The van der Waals surface area contributed by atoms with Gasteiger partial charge in [-0.15, -0.1) is 0 Å². The van der Waals surface area contributed by atoms with E-state index >= 15 is 0 Å². The molecule has 0 atom stereocenters. The van der Waals surface area contributed by atoms with E-state index in [9.17, 15) is 0 Å². The summed E-state index contributed by atoms with van der Waals surface area (Å²) in [5.41, 5.74) is 5.28. The predicted octanol–water partition coefficient (Wildman–Crippen LogP) is 5.77. The number of nitriles is 2. The van der Waals surface area contributed by atoms with E-state index in [1.54, 1.807) is 0 Å². The van der Waals surface area contributed by atoms with Crippen LogP contribution in [-0.2, 0) is 0 Å². The SMILES string of the molecule is N#Cc1ccccc1/C=C\c1ccc(/C=C\c2ccccc2C#N)cc1. The van der Waals surface area contributed by atoms with Gasteiger partial charge in [-0.2, -0.15) is 10.5 Å². The summed E-state index contributed by atoms with van der Waals surface area (Å²) in [4.78, 5) is 0. The highest BCUT2D eigenvalue weighted by Crippen LogP contribution is 2.15. The average molecular weight is 332 g/mol. The van der Waals surface area contributed by atoms with Gasteiger partial charge in [0.15, 0.2) is 0 Å². The zero-order valence-electron chi connectivity index (χ0n) is 14.1. The van der Waals surface area contributed by atoms with Crippen LogP contribution < -0.4 is 0 Å². The third kappa shape index (κ3) is 4.15. The first kappa shape index (κ1) is 17.0. The highest BCUT2D eigenvalue weighted by atomic mass is 14.2. The first-order valence-corrected chi connectivity index (χ1v) is 8.24. The highest BCUT2D eigenvalue weighted by Gasteiger charge is 1.97. The van der Waals surface area contributed by atoms with E-state index in [0.717, 1.165) is 22.3 Å². The van der Waals surface area contributed by atoms with Crippen LogP contribution in [0.5, 0.6) is 0 Å². The summed E-state index contributed by atoms with van der Waals surface area (Å²) >= 11 is 0. The second-order valence-corrected chi connectivity index (χ2v) is 5.73. The highest BCUT2D eigenvalue weighted by molar-refractivity contribution is 5.75. The predicted molar refractivity (Wildman–Crippen MR) is 107 cm³/mol. The summed E-state index contributed by atoms with van der Waals surface area (Å²) in [6, 6.07) is 27.6. The maximum atomic E-state index is 9.13. The van der Waals surface area contributed by atoms with Gasteiger partial charge in [-0.05, 0) is 34.4 Å². The molecule has 0 spiro atoms. The van der Waals surface area contributed by atoms with Crippen LogP contribution in [0, 0.1) is 22.7 Å². The third-order valence-corrected chi connectivity index (χ3v) is 4.01. The molecule has 0 saturated heterocycles.